The van der Waals surface area contributed by atoms with E-state index in [1.54, 1.807) is 6.20 Å². The van der Waals surface area contributed by atoms with Crippen molar-refractivity contribution in [2.45, 2.75) is 12.0 Å². The van der Waals surface area contributed by atoms with Crippen molar-refractivity contribution in [2.75, 3.05) is 18.4 Å². The van der Waals surface area contributed by atoms with Crippen molar-refractivity contribution < 1.29 is 9.53 Å². The van der Waals surface area contributed by atoms with Crippen LogP contribution in [0, 0.1) is 0 Å². The normalized spacial score (nSPS) is 26.6. The van der Waals surface area contributed by atoms with E-state index in [2.05, 4.69) is 15.6 Å². The predicted molar refractivity (Wildman–Crippen MR) is 60.8 cm³/mol. The first-order chi connectivity index (χ1) is 7.30. The number of halogens is 1. The van der Waals surface area contributed by atoms with E-state index in [-0.39, 0.29) is 12.4 Å². The third kappa shape index (κ3) is 1.52. The van der Waals surface area contributed by atoms with E-state index in [4.69, 9.17) is 4.74 Å². The minimum atomic E-state index is -0.508. The molecule has 1 spiro atoms. The van der Waals surface area contributed by atoms with Gasteiger partial charge in [-0.1, -0.05) is 0 Å². The summed E-state index contributed by atoms with van der Waals surface area (Å²) < 4.78 is 5.41. The second-order valence-corrected chi connectivity index (χ2v) is 3.84. The van der Waals surface area contributed by atoms with Crippen molar-refractivity contribution in [3.63, 3.8) is 0 Å². The second-order valence-electron chi connectivity index (χ2n) is 3.84. The highest BCUT2D eigenvalue weighted by atomic mass is 35.5. The van der Waals surface area contributed by atoms with Crippen LogP contribution in [0.15, 0.2) is 18.3 Å². The minimum absolute atomic E-state index is 0. The molecule has 3 heterocycles. The van der Waals surface area contributed by atoms with E-state index < -0.39 is 11.7 Å². The maximum atomic E-state index is 11.4. The lowest BCUT2D eigenvalue weighted by molar-refractivity contribution is 0.0273. The molecule has 0 aliphatic carbocycles. The van der Waals surface area contributed by atoms with Gasteiger partial charge in [0.05, 0.1) is 0 Å². The monoisotopic (exact) mass is 241 g/mol. The second kappa shape index (κ2) is 3.92. The molecular formula is C10H12ClN3O2. The summed E-state index contributed by atoms with van der Waals surface area (Å²) in [5.74, 6) is 0.623. The zero-order chi connectivity index (χ0) is 10.3. The molecule has 1 saturated heterocycles. The van der Waals surface area contributed by atoms with E-state index in [0.29, 0.717) is 12.4 Å². The van der Waals surface area contributed by atoms with Crippen molar-refractivity contribution in [2.24, 2.45) is 0 Å². The van der Waals surface area contributed by atoms with Crippen molar-refractivity contribution >= 4 is 24.3 Å². The Labute approximate surface area is 99.0 Å². The Balaban J connectivity index is 0.000000963. The number of pyridine rings is 1. The molecule has 1 atom stereocenters. The Morgan fingerprint density at radius 1 is 1.50 bits per heavy atom. The molecule has 1 fully saturated rings. The van der Waals surface area contributed by atoms with Crippen LogP contribution in [0.3, 0.4) is 0 Å². The van der Waals surface area contributed by atoms with Crippen LogP contribution < -0.4 is 10.6 Å². The summed E-state index contributed by atoms with van der Waals surface area (Å²) in [4.78, 5) is 15.5. The van der Waals surface area contributed by atoms with Gasteiger partial charge in [-0.25, -0.2) is 9.78 Å². The molecule has 0 bridgehead atoms. The van der Waals surface area contributed by atoms with Crippen LogP contribution in [-0.2, 0) is 10.3 Å². The van der Waals surface area contributed by atoms with Crippen LogP contribution in [0.1, 0.15) is 12.0 Å². The average Bonchev–Trinajstić information content (AvgIpc) is 2.67. The fourth-order valence-electron chi connectivity index (χ4n) is 2.21. The number of rotatable bonds is 0. The molecular weight excluding hydrogens is 230 g/mol. The number of aromatic nitrogens is 1. The quantitative estimate of drug-likeness (QED) is 0.718. The van der Waals surface area contributed by atoms with Gasteiger partial charge in [-0.15, -0.1) is 12.4 Å². The van der Waals surface area contributed by atoms with Gasteiger partial charge < -0.3 is 10.1 Å². The van der Waals surface area contributed by atoms with Gasteiger partial charge in [-0.05, 0) is 18.7 Å². The zero-order valence-electron chi connectivity index (χ0n) is 8.53. The summed E-state index contributed by atoms with van der Waals surface area (Å²) in [7, 11) is 0. The molecule has 3 rings (SSSR count). The molecule has 16 heavy (non-hydrogen) atoms. The summed E-state index contributed by atoms with van der Waals surface area (Å²) in [5.41, 5.74) is 0.459. The van der Waals surface area contributed by atoms with Crippen molar-refractivity contribution in [1.29, 1.82) is 0 Å². The van der Waals surface area contributed by atoms with Gasteiger partial charge >= 0.3 is 6.09 Å². The first-order valence-corrected chi connectivity index (χ1v) is 4.96. The molecule has 0 saturated carbocycles. The van der Waals surface area contributed by atoms with E-state index in [1.807, 2.05) is 12.1 Å². The Kier molecular flexibility index (Phi) is 2.73. The maximum absolute atomic E-state index is 11.4. The number of amides is 1. The molecule has 6 heteroatoms. The Morgan fingerprint density at radius 3 is 3.12 bits per heavy atom. The Morgan fingerprint density at radius 2 is 2.38 bits per heavy atom. The summed E-state index contributed by atoms with van der Waals surface area (Å²) in [5, 5.41) is 5.82. The fourth-order valence-corrected chi connectivity index (χ4v) is 2.21. The van der Waals surface area contributed by atoms with Crippen LogP contribution in [0.5, 0.6) is 0 Å². The average molecular weight is 242 g/mol. The topological polar surface area (TPSA) is 63.2 Å². The molecule has 1 aromatic rings. The summed E-state index contributed by atoms with van der Waals surface area (Å²) >= 11 is 0. The SMILES string of the molecule is Cl.O=C1Nc2ncccc2C2(CCNC2)O1. The van der Waals surface area contributed by atoms with E-state index in [9.17, 15) is 4.79 Å². The molecule has 1 amide bonds. The number of carbonyl (C=O) groups is 1. The van der Waals surface area contributed by atoms with Crippen LogP contribution in [0.2, 0.25) is 0 Å². The number of ether oxygens (including phenoxy) is 1. The van der Waals surface area contributed by atoms with Gasteiger partial charge in [0, 0.05) is 24.7 Å². The zero-order valence-corrected chi connectivity index (χ0v) is 9.34. The van der Waals surface area contributed by atoms with Crippen LogP contribution in [0.25, 0.3) is 0 Å². The highest BCUT2D eigenvalue weighted by Gasteiger charge is 2.44. The fraction of sp³-hybridized carbons (Fsp3) is 0.400. The third-order valence-corrected chi connectivity index (χ3v) is 2.92. The number of nitrogens with zero attached hydrogens (tertiary/aromatic N) is 1. The van der Waals surface area contributed by atoms with Crippen molar-refractivity contribution in [1.82, 2.24) is 10.3 Å². The van der Waals surface area contributed by atoms with Gasteiger partial charge in [0.25, 0.3) is 0 Å². The maximum Gasteiger partial charge on any atom is 0.413 e. The van der Waals surface area contributed by atoms with Crippen LogP contribution >= 0.6 is 12.4 Å². The van der Waals surface area contributed by atoms with E-state index in [1.165, 1.54) is 0 Å². The molecule has 1 aromatic heterocycles. The minimum Gasteiger partial charge on any atom is -0.436 e. The smallest absolute Gasteiger partial charge is 0.413 e. The van der Waals surface area contributed by atoms with Crippen molar-refractivity contribution in [3.8, 4) is 0 Å². The number of hydrogen-bond acceptors (Lipinski definition) is 4. The van der Waals surface area contributed by atoms with Gasteiger partial charge in [-0.2, -0.15) is 0 Å². The highest BCUT2D eigenvalue weighted by molar-refractivity contribution is 5.87. The summed E-state index contributed by atoms with van der Waals surface area (Å²) in [6.07, 6.45) is 2.06. The van der Waals surface area contributed by atoms with E-state index >= 15 is 0 Å². The number of nitrogens with one attached hydrogen (secondary N) is 2. The standard InChI is InChI=1S/C10H11N3O2.ClH/c14-9-13-8-7(2-1-4-12-8)10(15-9)3-5-11-6-10;/h1-2,4,11H,3,5-6H2,(H,12,13,14);1H. The first kappa shape index (κ1) is 11.2. The van der Waals surface area contributed by atoms with Gasteiger partial charge in [0.15, 0.2) is 5.60 Å². The molecule has 86 valence electrons. The Bertz CT molecular complexity index is 418. The Hall–Kier alpha value is -1.33. The third-order valence-electron chi connectivity index (χ3n) is 2.92. The lowest BCUT2D eigenvalue weighted by atomic mass is 9.92. The van der Waals surface area contributed by atoms with Gasteiger partial charge in [-0.3, -0.25) is 5.32 Å². The molecule has 0 aromatic carbocycles. The number of anilines is 1. The predicted octanol–water partition coefficient (Wildman–Crippen LogP) is 1.25. The lowest BCUT2D eigenvalue weighted by Crippen LogP contribution is -2.41. The number of carbonyl (C=O) groups excluding carboxylic acids is 1. The van der Waals surface area contributed by atoms with Crippen molar-refractivity contribution in [3.05, 3.63) is 23.9 Å². The van der Waals surface area contributed by atoms with Gasteiger partial charge in [0.2, 0.25) is 0 Å². The van der Waals surface area contributed by atoms with Crippen LogP contribution in [-0.4, -0.2) is 24.2 Å². The highest BCUT2D eigenvalue weighted by Crippen LogP contribution is 2.38. The molecule has 2 aliphatic heterocycles. The number of fused-ring (bicyclic) bond motifs is 2. The van der Waals surface area contributed by atoms with E-state index in [0.717, 1.165) is 18.5 Å². The summed E-state index contributed by atoms with van der Waals surface area (Å²) in [6, 6.07) is 3.81. The molecule has 1 unspecified atom stereocenters. The molecule has 0 radical (unpaired) electrons. The lowest BCUT2D eigenvalue weighted by Gasteiger charge is -2.33. The van der Waals surface area contributed by atoms with Crippen LogP contribution in [0.4, 0.5) is 10.6 Å². The largest absolute Gasteiger partial charge is 0.436 e. The number of hydrogen-bond donors (Lipinski definition) is 2. The summed E-state index contributed by atoms with van der Waals surface area (Å²) in [6.45, 7) is 1.53. The molecule has 2 N–H and O–H groups in total. The molecule has 2 aliphatic rings. The van der Waals surface area contributed by atoms with Gasteiger partial charge in [0.1, 0.15) is 5.82 Å². The molecule has 5 nitrogen and oxygen atoms in total. The first-order valence-electron chi connectivity index (χ1n) is 4.96.